The smallest absolute Gasteiger partial charge is 0.164 e. The van der Waals surface area contributed by atoms with Gasteiger partial charge in [0.1, 0.15) is 0 Å². The van der Waals surface area contributed by atoms with Crippen LogP contribution in [0.25, 0.3) is 0 Å². The Morgan fingerprint density at radius 3 is 2.81 bits per heavy atom. The van der Waals surface area contributed by atoms with Crippen LogP contribution in [0.1, 0.15) is 24.8 Å². The molecule has 1 aliphatic heterocycles. The summed E-state index contributed by atoms with van der Waals surface area (Å²) in [5.41, 5.74) is 0.588. The average molecular weight is 220 g/mol. The van der Waals surface area contributed by atoms with E-state index in [9.17, 15) is 5.11 Å². The van der Waals surface area contributed by atoms with Gasteiger partial charge in [0.25, 0.3) is 0 Å². The van der Waals surface area contributed by atoms with E-state index in [0.717, 1.165) is 36.3 Å². The molecule has 0 saturated heterocycles. The number of ether oxygens (including phenoxy) is 2. The van der Waals surface area contributed by atoms with Crippen molar-refractivity contribution in [2.75, 3.05) is 13.2 Å². The van der Waals surface area contributed by atoms with Crippen LogP contribution in [0.15, 0.2) is 18.2 Å². The lowest BCUT2D eigenvalue weighted by Crippen LogP contribution is -2.12. The summed E-state index contributed by atoms with van der Waals surface area (Å²) < 4.78 is 11.3. The molecule has 1 fully saturated rings. The van der Waals surface area contributed by atoms with Crippen LogP contribution in [0.3, 0.4) is 0 Å². The highest BCUT2D eigenvalue weighted by atomic mass is 16.5. The summed E-state index contributed by atoms with van der Waals surface area (Å²) >= 11 is 0. The van der Waals surface area contributed by atoms with Crippen molar-refractivity contribution in [1.82, 2.24) is 0 Å². The van der Waals surface area contributed by atoms with E-state index in [4.69, 9.17) is 9.47 Å². The van der Waals surface area contributed by atoms with Gasteiger partial charge in [0.15, 0.2) is 11.5 Å². The monoisotopic (exact) mass is 220 g/mol. The van der Waals surface area contributed by atoms with E-state index in [0.29, 0.717) is 19.6 Å². The van der Waals surface area contributed by atoms with Gasteiger partial charge in [-0.15, -0.1) is 0 Å². The molecule has 3 heteroatoms. The highest BCUT2D eigenvalue weighted by Gasteiger charge is 2.41. The summed E-state index contributed by atoms with van der Waals surface area (Å²) in [6.07, 6.45) is 3.40. The molecular weight excluding hydrogens is 204 g/mol. The second kappa shape index (κ2) is 3.67. The normalized spacial score (nSPS) is 21.3. The first kappa shape index (κ1) is 9.97. The van der Waals surface area contributed by atoms with Crippen molar-refractivity contribution in [3.05, 3.63) is 23.8 Å². The molecule has 3 nitrogen and oxygen atoms in total. The number of para-hydroxylation sites is 1. The Kier molecular flexibility index (Phi) is 2.28. The molecule has 1 aromatic rings. The van der Waals surface area contributed by atoms with Gasteiger partial charge in [-0.3, -0.25) is 0 Å². The predicted molar refractivity (Wildman–Crippen MR) is 59.9 cm³/mol. The van der Waals surface area contributed by atoms with Crippen LogP contribution in [-0.2, 0) is 6.42 Å². The molecule has 86 valence electrons. The van der Waals surface area contributed by atoms with Crippen molar-refractivity contribution in [1.29, 1.82) is 0 Å². The van der Waals surface area contributed by atoms with Crippen molar-refractivity contribution in [2.45, 2.75) is 31.3 Å². The van der Waals surface area contributed by atoms with E-state index < -0.39 is 5.60 Å². The fourth-order valence-corrected chi connectivity index (χ4v) is 2.07. The molecule has 0 radical (unpaired) electrons. The van der Waals surface area contributed by atoms with E-state index in [2.05, 4.69) is 0 Å². The molecule has 0 aromatic heterocycles. The Bertz CT molecular complexity index is 396. The molecule has 2 aliphatic rings. The van der Waals surface area contributed by atoms with Gasteiger partial charge >= 0.3 is 0 Å². The van der Waals surface area contributed by atoms with E-state index in [1.807, 2.05) is 18.2 Å². The van der Waals surface area contributed by atoms with Gasteiger partial charge in [-0.2, -0.15) is 0 Å². The van der Waals surface area contributed by atoms with Gasteiger partial charge in [0, 0.05) is 18.4 Å². The summed E-state index contributed by atoms with van der Waals surface area (Å²) in [4.78, 5) is 0. The fraction of sp³-hybridized carbons (Fsp3) is 0.538. The average Bonchev–Trinajstić information content (AvgIpc) is 3.02. The van der Waals surface area contributed by atoms with Gasteiger partial charge in [-0.05, 0) is 18.9 Å². The topological polar surface area (TPSA) is 38.7 Å². The molecule has 1 heterocycles. The van der Waals surface area contributed by atoms with Crippen molar-refractivity contribution in [2.24, 2.45) is 0 Å². The molecule has 0 atom stereocenters. The summed E-state index contributed by atoms with van der Waals surface area (Å²) in [6, 6.07) is 5.92. The molecular formula is C13H16O3. The molecule has 1 saturated carbocycles. The lowest BCUT2D eigenvalue weighted by atomic mass is 10.0. The number of fused-ring (bicyclic) bond motifs is 1. The second-order valence-electron chi connectivity index (χ2n) is 4.70. The van der Waals surface area contributed by atoms with E-state index >= 15 is 0 Å². The van der Waals surface area contributed by atoms with Crippen LogP contribution in [0.4, 0.5) is 0 Å². The molecule has 3 rings (SSSR count). The van der Waals surface area contributed by atoms with Crippen LogP contribution in [0.5, 0.6) is 11.5 Å². The minimum atomic E-state index is -0.481. The standard InChI is InChI=1S/C13H16O3/c14-13(5-6-13)9-10-3-1-4-11-12(10)16-8-2-7-15-11/h1,3-4,14H,2,5-9H2. The minimum Gasteiger partial charge on any atom is -0.490 e. The first-order chi connectivity index (χ1) is 7.77. The fourth-order valence-electron chi connectivity index (χ4n) is 2.07. The first-order valence-corrected chi connectivity index (χ1v) is 5.87. The Hall–Kier alpha value is -1.22. The summed E-state index contributed by atoms with van der Waals surface area (Å²) in [7, 11) is 0. The summed E-state index contributed by atoms with van der Waals surface area (Å²) in [5, 5.41) is 9.96. The lowest BCUT2D eigenvalue weighted by molar-refractivity contribution is 0.149. The van der Waals surface area contributed by atoms with Gasteiger partial charge < -0.3 is 14.6 Å². The SMILES string of the molecule is OC1(Cc2cccc3c2OCCCO3)CC1. The van der Waals surface area contributed by atoms with Crippen molar-refractivity contribution in [3.63, 3.8) is 0 Å². The maximum Gasteiger partial charge on any atom is 0.164 e. The number of rotatable bonds is 2. The lowest BCUT2D eigenvalue weighted by Gasteiger charge is -2.14. The third kappa shape index (κ3) is 1.87. The zero-order valence-corrected chi connectivity index (χ0v) is 9.24. The Morgan fingerprint density at radius 2 is 2.00 bits per heavy atom. The third-order valence-corrected chi connectivity index (χ3v) is 3.20. The zero-order chi connectivity index (χ0) is 11.0. The maximum absolute atomic E-state index is 9.96. The number of hydrogen-bond acceptors (Lipinski definition) is 3. The predicted octanol–water partition coefficient (Wildman–Crippen LogP) is 1.92. The molecule has 0 spiro atoms. The number of benzene rings is 1. The Morgan fingerprint density at radius 1 is 1.19 bits per heavy atom. The van der Waals surface area contributed by atoms with Gasteiger partial charge in [0.2, 0.25) is 0 Å². The Labute approximate surface area is 95.0 Å². The molecule has 0 unspecified atom stereocenters. The molecule has 1 aliphatic carbocycles. The molecule has 1 N–H and O–H groups in total. The summed E-state index contributed by atoms with van der Waals surface area (Å²) in [6.45, 7) is 1.41. The molecule has 0 amide bonds. The molecule has 0 bridgehead atoms. The Balaban J connectivity index is 1.91. The number of aliphatic hydroxyl groups is 1. The number of hydrogen-bond donors (Lipinski definition) is 1. The van der Waals surface area contributed by atoms with Gasteiger partial charge in [0.05, 0.1) is 18.8 Å². The quantitative estimate of drug-likeness (QED) is 0.827. The van der Waals surface area contributed by atoms with Crippen molar-refractivity contribution < 1.29 is 14.6 Å². The van der Waals surface area contributed by atoms with Gasteiger partial charge in [-0.1, -0.05) is 12.1 Å². The van der Waals surface area contributed by atoms with Crippen molar-refractivity contribution in [3.8, 4) is 11.5 Å². The van der Waals surface area contributed by atoms with Crippen molar-refractivity contribution >= 4 is 0 Å². The van der Waals surface area contributed by atoms with Crippen LogP contribution in [0, 0.1) is 0 Å². The van der Waals surface area contributed by atoms with E-state index in [-0.39, 0.29) is 0 Å². The third-order valence-electron chi connectivity index (χ3n) is 3.20. The first-order valence-electron chi connectivity index (χ1n) is 5.87. The second-order valence-corrected chi connectivity index (χ2v) is 4.70. The zero-order valence-electron chi connectivity index (χ0n) is 9.24. The molecule has 16 heavy (non-hydrogen) atoms. The van der Waals surface area contributed by atoms with Crippen LogP contribution >= 0.6 is 0 Å². The maximum atomic E-state index is 9.96. The highest BCUT2D eigenvalue weighted by Crippen LogP contribution is 2.42. The van der Waals surface area contributed by atoms with Crippen LogP contribution in [-0.4, -0.2) is 23.9 Å². The van der Waals surface area contributed by atoms with Crippen LogP contribution in [0.2, 0.25) is 0 Å². The van der Waals surface area contributed by atoms with E-state index in [1.165, 1.54) is 0 Å². The highest BCUT2D eigenvalue weighted by molar-refractivity contribution is 5.48. The van der Waals surface area contributed by atoms with E-state index in [1.54, 1.807) is 0 Å². The largest absolute Gasteiger partial charge is 0.490 e. The molecule has 1 aromatic carbocycles. The minimum absolute atomic E-state index is 0.481. The van der Waals surface area contributed by atoms with Gasteiger partial charge in [-0.25, -0.2) is 0 Å². The van der Waals surface area contributed by atoms with Crippen LogP contribution < -0.4 is 9.47 Å². The summed E-state index contributed by atoms with van der Waals surface area (Å²) in [5.74, 6) is 1.65.